The fourth-order valence-corrected chi connectivity index (χ4v) is 2.63. The molecule has 1 aliphatic rings. The minimum absolute atomic E-state index is 0.252. The number of carbonyl (C=O) groups excluding carboxylic acids is 1. The maximum Gasteiger partial charge on any atom is 0.328 e. The van der Waals surface area contributed by atoms with Crippen molar-refractivity contribution in [1.82, 2.24) is 5.23 Å². The Morgan fingerprint density at radius 3 is 2.82 bits per heavy atom. The quantitative estimate of drug-likeness (QED) is 0.683. The summed E-state index contributed by atoms with van der Waals surface area (Å²) in [6.45, 7) is 0. The van der Waals surface area contributed by atoms with Gasteiger partial charge in [-0.15, -0.1) is 0 Å². The summed E-state index contributed by atoms with van der Waals surface area (Å²) < 4.78 is 5.38. The summed E-state index contributed by atoms with van der Waals surface area (Å²) in [6, 6.07) is 7.28. The summed E-state index contributed by atoms with van der Waals surface area (Å²) in [4.78, 5) is 11.6. The number of benzene rings is 1. The van der Waals surface area contributed by atoms with E-state index in [2.05, 4.69) is 20.7 Å². The number of rotatable bonds is 3. The van der Waals surface area contributed by atoms with E-state index < -0.39 is 11.5 Å². The van der Waals surface area contributed by atoms with Gasteiger partial charge in [0.1, 0.15) is 5.54 Å². The van der Waals surface area contributed by atoms with E-state index in [0.717, 1.165) is 10.0 Å². The van der Waals surface area contributed by atoms with E-state index in [1.54, 1.807) is 0 Å². The predicted molar refractivity (Wildman–Crippen MR) is 63.2 cm³/mol. The van der Waals surface area contributed by atoms with Crippen LogP contribution in [0, 0.1) is 5.21 Å². The highest BCUT2D eigenvalue weighted by Crippen LogP contribution is 2.56. The summed E-state index contributed by atoms with van der Waals surface area (Å²) in [7, 11) is 1.20. The van der Waals surface area contributed by atoms with Crippen LogP contribution in [0.3, 0.4) is 0 Å². The number of nitrogens with zero attached hydrogens (tertiary/aromatic N) is 1. The Bertz CT molecular complexity index is 451. The molecule has 2 unspecified atom stereocenters. The molecule has 92 valence electrons. The van der Waals surface area contributed by atoms with Gasteiger partial charge in [0.25, 0.3) is 0 Å². The summed E-state index contributed by atoms with van der Waals surface area (Å²) >= 11 is 3.35. The molecule has 1 aromatic carbocycles. The SMILES string of the molecule is COC(=O)C1(N([O-])O)CC1c1ccccc1Br. The third kappa shape index (κ3) is 1.87. The van der Waals surface area contributed by atoms with Gasteiger partial charge in [-0.3, -0.25) is 0 Å². The van der Waals surface area contributed by atoms with Crippen molar-refractivity contribution in [3.8, 4) is 0 Å². The van der Waals surface area contributed by atoms with Gasteiger partial charge in [-0.2, -0.15) is 0 Å². The number of hydroxylamine groups is 2. The standard InChI is InChI=1S/C11H11BrNO4/c1-17-10(14)11(13(15)16)6-8(11)7-4-2-3-5-9(7)12/h2-5,8,15H,6H2,1H3/q-1. The molecule has 1 saturated carbocycles. The number of halogens is 1. The average Bonchev–Trinajstić information content (AvgIpc) is 3.05. The van der Waals surface area contributed by atoms with E-state index in [9.17, 15) is 10.0 Å². The second kappa shape index (κ2) is 4.38. The van der Waals surface area contributed by atoms with E-state index in [0.29, 0.717) is 0 Å². The molecule has 0 aromatic heterocycles. The highest BCUT2D eigenvalue weighted by Gasteiger charge is 2.63. The Labute approximate surface area is 107 Å². The highest BCUT2D eigenvalue weighted by atomic mass is 79.9. The lowest BCUT2D eigenvalue weighted by Gasteiger charge is -2.29. The van der Waals surface area contributed by atoms with Crippen molar-refractivity contribution < 1.29 is 14.7 Å². The number of methoxy groups -OCH3 is 1. The molecule has 0 spiro atoms. The number of carbonyl (C=O) groups is 1. The minimum Gasteiger partial charge on any atom is -0.761 e. The lowest BCUT2D eigenvalue weighted by molar-refractivity contribution is -0.166. The number of hydrogen-bond donors (Lipinski definition) is 1. The monoisotopic (exact) mass is 300 g/mol. The summed E-state index contributed by atoms with van der Waals surface area (Å²) in [5.41, 5.74) is -0.675. The van der Waals surface area contributed by atoms with Gasteiger partial charge in [0.15, 0.2) is 0 Å². The predicted octanol–water partition coefficient (Wildman–Crippen LogP) is 2.04. The van der Waals surface area contributed by atoms with Gasteiger partial charge in [0.2, 0.25) is 0 Å². The van der Waals surface area contributed by atoms with Crippen molar-refractivity contribution in [3.63, 3.8) is 0 Å². The van der Waals surface area contributed by atoms with Crippen molar-refractivity contribution >= 4 is 21.9 Å². The van der Waals surface area contributed by atoms with Crippen LogP contribution in [0.5, 0.6) is 0 Å². The third-order valence-corrected chi connectivity index (χ3v) is 3.81. The van der Waals surface area contributed by atoms with E-state index in [1.165, 1.54) is 7.11 Å². The Morgan fingerprint density at radius 2 is 2.29 bits per heavy atom. The first kappa shape index (κ1) is 12.5. The zero-order valence-electron chi connectivity index (χ0n) is 9.09. The van der Waals surface area contributed by atoms with Gasteiger partial charge in [-0.05, 0) is 18.1 Å². The van der Waals surface area contributed by atoms with E-state index in [-0.39, 0.29) is 17.6 Å². The summed E-state index contributed by atoms with van der Waals surface area (Å²) in [5, 5.41) is 20.0. The van der Waals surface area contributed by atoms with E-state index in [4.69, 9.17) is 5.21 Å². The molecule has 0 amide bonds. The van der Waals surface area contributed by atoms with E-state index >= 15 is 0 Å². The third-order valence-electron chi connectivity index (χ3n) is 3.09. The molecule has 1 fully saturated rings. The number of esters is 1. The fourth-order valence-electron chi connectivity index (χ4n) is 2.07. The summed E-state index contributed by atoms with van der Waals surface area (Å²) in [6.07, 6.45) is 0.252. The molecule has 2 rings (SSSR count). The molecule has 17 heavy (non-hydrogen) atoms. The van der Waals surface area contributed by atoms with Crippen LogP contribution in [0.4, 0.5) is 0 Å². The molecule has 5 nitrogen and oxygen atoms in total. The topological polar surface area (TPSA) is 72.8 Å². The molecule has 0 aliphatic heterocycles. The fraction of sp³-hybridized carbons (Fsp3) is 0.364. The lowest BCUT2D eigenvalue weighted by Crippen LogP contribution is -2.40. The highest BCUT2D eigenvalue weighted by molar-refractivity contribution is 9.10. The molecule has 1 N–H and O–H groups in total. The van der Waals surface area contributed by atoms with Crippen LogP contribution in [0.2, 0.25) is 0 Å². The van der Waals surface area contributed by atoms with Gasteiger partial charge in [-0.25, -0.2) is 10.0 Å². The Morgan fingerprint density at radius 1 is 1.65 bits per heavy atom. The maximum atomic E-state index is 11.6. The molecule has 0 bridgehead atoms. The second-order valence-corrected chi connectivity index (χ2v) is 4.82. The molecule has 0 heterocycles. The lowest BCUT2D eigenvalue weighted by atomic mass is 10.1. The van der Waals surface area contributed by atoms with Crippen LogP contribution >= 0.6 is 15.9 Å². The van der Waals surface area contributed by atoms with Crippen LogP contribution in [0.15, 0.2) is 28.7 Å². The Hall–Kier alpha value is -0.950. The maximum absolute atomic E-state index is 11.6. The van der Waals surface area contributed by atoms with Gasteiger partial charge in [-0.1, -0.05) is 34.1 Å². The molecule has 1 aromatic rings. The molecule has 2 atom stereocenters. The molecule has 6 heteroatoms. The zero-order valence-corrected chi connectivity index (χ0v) is 10.7. The molecule has 0 saturated heterocycles. The van der Waals surface area contributed by atoms with Gasteiger partial charge < -0.3 is 15.2 Å². The van der Waals surface area contributed by atoms with Gasteiger partial charge >= 0.3 is 5.97 Å². The smallest absolute Gasteiger partial charge is 0.328 e. The van der Waals surface area contributed by atoms with Crippen molar-refractivity contribution in [2.75, 3.05) is 7.11 Å². The van der Waals surface area contributed by atoms with Crippen LogP contribution in [-0.2, 0) is 9.53 Å². The minimum atomic E-state index is -1.49. The van der Waals surface area contributed by atoms with E-state index in [1.807, 2.05) is 24.3 Å². The van der Waals surface area contributed by atoms with Crippen molar-refractivity contribution in [1.29, 1.82) is 0 Å². The largest absolute Gasteiger partial charge is 0.761 e. The molecule has 0 radical (unpaired) electrons. The molecule has 1 aliphatic carbocycles. The van der Waals surface area contributed by atoms with Crippen molar-refractivity contribution in [3.05, 3.63) is 39.5 Å². The second-order valence-electron chi connectivity index (χ2n) is 3.97. The zero-order chi connectivity index (χ0) is 12.6. The Kier molecular flexibility index (Phi) is 3.22. The van der Waals surface area contributed by atoms with Crippen LogP contribution in [0.25, 0.3) is 0 Å². The first-order chi connectivity index (χ1) is 8.04. The summed E-state index contributed by atoms with van der Waals surface area (Å²) in [5.74, 6) is -1.07. The van der Waals surface area contributed by atoms with Crippen LogP contribution < -0.4 is 0 Å². The molecular weight excluding hydrogens is 290 g/mol. The van der Waals surface area contributed by atoms with Crippen LogP contribution in [-0.4, -0.2) is 29.1 Å². The molecular formula is C11H11BrNO4-. The Balaban J connectivity index is 2.33. The van der Waals surface area contributed by atoms with Gasteiger partial charge in [0.05, 0.1) is 7.11 Å². The first-order valence-corrected chi connectivity index (χ1v) is 5.82. The number of hydrogen-bond acceptors (Lipinski definition) is 5. The normalized spacial score (nSPS) is 27.0. The van der Waals surface area contributed by atoms with Gasteiger partial charge in [0, 0.05) is 10.4 Å². The van der Waals surface area contributed by atoms with Crippen molar-refractivity contribution in [2.24, 2.45) is 0 Å². The average molecular weight is 301 g/mol. The first-order valence-electron chi connectivity index (χ1n) is 5.03. The van der Waals surface area contributed by atoms with Crippen LogP contribution in [0.1, 0.15) is 17.9 Å². The van der Waals surface area contributed by atoms with Crippen molar-refractivity contribution in [2.45, 2.75) is 17.9 Å². The number of ether oxygens (including phenoxy) is 1.